The van der Waals surface area contributed by atoms with E-state index < -0.39 is 23.5 Å². The zero-order chi connectivity index (χ0) is 45.2. The fraction of sp³-hybridized carbons (Fsp3) is 0.236. The third-order valence-electron chi connectivity index (χ3n) is 11.0. The summed E-state index contributed by atoms with van der Waals surface area (Å²) >= 11 is 1.18. The molecule has 0 amide bonds. The van der Waals surface area contributed by atoms with Gasteiger partial charge in [-0.05, 0) is 24.7 Å². The largest absolute Gasteiger partial charge is 1.00 e. The monoisotopic (exact) mass is 984 g/mol. The van der Waals surface area contributed by atoms with Gasteiger partial charge in [0.25, 0.3) is 0 Å². The number of hydrogen-bond acceptors (Lipinski definition) is 0. The smallest absolute Gasteiger partial charge is 0.109 e. The minimum atomic E-state index is -4.36. The molecule has 7 aromatic rings. The van der Waals surface area contributed by atoms with Gasteiger partial charge in [-0.15, -0.1) is 46.2 Å². The van der Waals surface area contributed by atoms with Gasteiger partial charge in [-0.3, -0.25) is 6.08 Å². The molecule has 0 spiro atoms. The van der Waals surface area contributed by atoms with Crippen LogP contribution in [0.4, 0.5) is 26.3 Å². The summed E-state index contributed by atoms with van der Waals surface area (Å²) in [6.07, 6.45) is 1.28. The van der Waals surface area contributed by atoms with Gasteiger partial charge in [-0.25, -0.2) is 12.2 Å². The molecule has 0 aliphatic heterocycles. The molecule has 1 aliphatic carbocycles. The van der Waals surface area contributed by atoms with E-state index in [4.69, 9.17) is 0 Å². The number of alkyl halides is 6. The van der Waals surface area contributed by atoms with Gasteiger partial charge in [0.15, 0.2) is 0 Å². The SMILES string of the molecule is Cc1cc2[cH-]c3cc(C)c(C(C)(C)C)cc3c2cc1C(C)(C)C.FC(F)(F)c1ccc(-c2ccc([C](=[Zr+2])c3ccc(-c4ccc(C(F)(F)F)cc4)cc3)cc2)cc1.[C-]1=CC=CC1.[Cl-].[Cl-]. The normalized spacial score (nSPS) is 12.5. The van der Waals surface area contributed by atoms with Gasteiger partial charge < -0.3 is 24.8 Å². The number of rotatable bonds is 4. The molecule has 0 atom stereocenters. The first-order valence-corrected chi connectivity index (χ1v) is 21.8. The molecule has 9 heteroatoms. The number of hydrogen-bond donors (Lipinski definition) is 0. The van der Waals surface area contributed by atoms with Crippen molar-refractivity contribution in [3.05, 3.63) is 196 Å². The second-order valence-electron chi connectivity index (χ2n) is 17.8. The summed E-state index contributed by atoms with van der Waals surface area (Å²) < 4.78 is 77.7. The maximum atomic E-state index is 12.8. The average molecular weight is 987 g/mol. The summed E-state index contributed by atoms with van der Waals surface area (Å²) in [7, 11) is 0. The molecule has 0 radical (unpaired) electrons. The van der Waals surface area contributed by atoms with Crippen molar-refractivity contribution >= 4 is 24.8 Å². The molecule has 0 saturated heterocycles. The molecular weight excluding hydrogens is 937 g/mol. The fourth-order valence-corrected chi connectivity index (χ4v) is 8.64. The fourth-order valence-electron chi connectivity index (χ4n) is 7.82. The first-order chi connectivity index (χ1) is 29.0. The predicted molar refractivity (Wildman–Crippen MR) is 242 cm³/mol. The maximum absolute atomic E-state index is 12.8. The molecule has 0 unspecified atom stereocenters. The van der Waals surface area contributed by atoms with E-state index in [0.29, 0.717) is 11.1 Å². The van der Waals surface area contributed by atoms with Crippen molar-refractivity contribution in [2.24, 2.45) is 0 Å². The van der Waals surface area contributed by atoms with E-state index in [1.165, 1.54) is 92.3 Å². The Balaban J connectivity index is 0.000000258. The van der Waals surface area contributed by atoms with Crippen LogP contribution in [-0.4, -0.2) is 3.21 Å². The van der Waals surface area contributed by atoms with E-state index in [2.05, 4.69) is 97.9 Å². The van der Waals surface area contributed by atoms with Gasteiger partial charge >= 0.3 is 208 Å². The molecule has 0 saturated carbocycles. The summed E-state index contributed by atoms with van der Waals surface area (Å²) in [5.41, 5.74) is 9.73. The molecule has 0 N–H and O–H groups in total. The van der Waals surface area contributed by atoms with E-state index in [0.717, 1.165) is 56.1 Å². The number of allylic oxidation sites excluding steroid dienone is 4. The number of benzene rings is 6. The van der Waals surface area contributed by atoms with Crippen LogP contribution in [0.15, 0.2) is 146 Å². The van der Waals surface area contributed by atoms with Gasteiger partial charge in [0.2, 0.25) is 0 Å². The standard InChI is InChI=1S/C27H16F6.C23H29.C5H5.2ClH.Zr/c28-26(29,30)24-13-9-22(10-14-24)20-5-1-18(2-6-20)17-19-3-7-21(8-4-19)23-11-15-25(16-12-23)27(31,32)33;1-14-9-16-11-17-10-15(2)21(23(6,7)8)13-19(17)18(16)12-20(14)22(3,4)5;1-2-4-5-3-1;;;/h1-16H;9-13H,1-8H3;1-3H,4H2;2*1H;/q;2*-1;;;+2/p-2. The van der Waals surface area contributed by atoms with Crippen LogP contribution in [0.25, 0.3) is 43.8 Å². The molecule has 64 heavy (non-hydrogen) atoms. The number of fused-ring (bicyclic) bond motifs is 3. The Morgan fingerprint density at radius 2 is 0.844 bits per heavy atom. The van der Waals surface area contributed by atoms with Gasteiger partial charge in [-0.1, -0.05) is 75.9 Å². The van der Waals surface area contributed by atoms with Crippen molar-refractivity contribution < 1.29 is 75.4 Å². The Bertz CT molecular complexity index is 2550. The van der Waals surface area contributed by atoms with E-state index in [9.17, 15) is 26.3 Å². The van der Waals surface area contributed by atoms with E-state index in [1.807, 2.05) is 60.7 Å². The molecule has 332 valence electrons. The van der Waals surface area contributed by atoms with Crippen molar-refractivity contribution in [3.63, 3.8) is 0 Å². The minimum absolute atomic E-state index is 0. The zero-order valence-corrected chi connectivity index (χ0v) is 41.1. The van der Waals surface area contributed by atoms with E-state index in [-0.39, 0.29) is 35.6 Å². The van der Waals surface area contributed by atoms with Crippen LogP contribution in [0.2, 0.25) is 0 Å². The molecule has 1 aliphatic rings. The molecule has 0 heterocycles. The molecule has 8 rings (SSSR count). The molecule has 0 fully saturated rings. The van der Waals surface area contributed by atoms with Crippen molar-refractivity contribution in [3.8, 4) is 22.3 Å². The van der Waals surface area contributed by atoms with E-state index >= 15 is 0 Å². The van der Waals surface area contributed by atoms with Crippen LogP contribution < -0.4 is 24.8 Å². The Labute approximate surface area is 401 Å². The first-order valence-electron chi connectivity index (χ1n) is 20.5. The summed E-state index contributed by atoms with van der Waals surface area (Å²) in [4.78, 5) is 0. The van der Waals surface area contributed by atoms with Crippen molar-refractivity contribution in [2.75, 3.05) is 0 Å². The van der Waals surface area contributed by atoms with Crippen molar-refractivity contribution in [2.45, 2.75) is 85.0 Å². The quantitative estimate of drug-likeness (QED) is 0.122. The van der Waals surface area contributed by atoms with Crippen molar-refractivity contribution in [1.29, 1.82) is 0 Å². The second-order valence-corrected chi connectivity index (χ2v) is 19.1. The summed E-state index contributed by atoms with van der Waals surface area (Å²) in [5.74, 6) is 0. The van der Waals surface area contributed by atoms with Crippen LogP contribution in [0, 0.1) is 19.9 Å². The van der Waals surface area contributed by atoms with Gasteiger partial charge in [0, 0.05) is 0 Å². The topological polar surface area (TPSA) is 0 Å². The first kappa shape index (κ1) is 52.2. The third-order valence-corrected chi connectivity index (χ3v) is 12.5. The zero-order valence-electron chi connectivity index (χ0n) is 37.1. The van der Waals surface area contributed by atoms with Crippen LogP contribution in [0.5, 0.6) is 0 Å². The summed E-state index contributed by atoms with van der Waals surface area (Å²) in [6.45, 7) is 18.3. The Morgan fingerprint density at radius 3 is 1.09 bits per heavy atom. The minimum Gasteiger partial charge on any atom is -1.00 e. The number of aryl methyl sites for hydroxylation is 2. The summed E-state index contributed by atoms with van der Waals surface area (Å²) in [5, 5.41) is 5.55. The molecule has 7 aromatic carbocycles. The average Bonchev–Trinajstić information content (AvgIpc) is 3.91. The third kappa shape index (κ3) is 12.7. The number of halogens is 8. The summed E-state index contributed by atoms with van der Waals surface area (Å²) in [6, 6.07) is 37.3. The molecule has 0 aromatic heterocycles. The Morgan fingerprint density at radius 1 is 0.516 bits per heavy atom. The van der Waals surface area contributed by atoms with Crippen LogP contribution in [0.1, 0.15) is 92.5 Å². The Hall–Kier alpha value is -4.42. The van der Waals surface area contributed by atoms with Gasteiger partial charge in [0.1, 0.15) is 0 Å². The van der Waals surface area contributed by atoms with E-state index in [1.54, 1.807) is 0 Å². The maximum Gasteiger partial charge on any atom is -0.109 e. The predicted octanol–water partition coefficient (Wildman–Crippen LogP) is 10.4. The Kier molecular flexibility index (Phi) is 17.0. The molecule has 0 bridgehead atoms. The molecule has 0 nitrogen and oxygen atoms in total. The van der Waals surface area contributed by atoms with Crippen molar-refractivity contribution in [1.82, 2.24) is 0 Å². The van der Waals surface area contributed by atoms with Gasteiger partial charge in [0.05, 0.1) is 0 Å². The van der Waals surface area contributed by atoms with Crippen LogP contribution >= 0.6 is 0 Å². The van der Waals surface area contributed by atoms with Crippen LogP contribution in [-0.2, 0) is 47.4 Å². The molecular formula is C55H50Cl2F6Zr-2. The second kappa shape index (κ2) is 20.8. The van der Waals surface area contributed by atoms with Crippen LogP contribution in [0.3, 0.4) is 0 Å². The van der Waals surface area contributed by atoms with Gasteiger partial charge in [-0.2, -0.15) is 6.08 Å².